The molecule has 0 radical (unpaired) electrons. The van der Waals surface area contributed by atoms with E-state index in [0.29, 0.717) is 38.5 Å². The summed E-state index contributed by atoms with van der Waals surface area (Å²) in [5, 5.41) is 22.2. The molecule has 2 aliphatic rings. The van der Waals surface area contributed by atoms with E-state index in [1.54, 1.807) is 29.3 Å². The summed E-state index contributed by atoms with van der Waals surface area (Å²) in [5.41, 5.74) is 1.14. The zero-order chi connectivity index (χ0) is 25.1. The Labute approximate surface area is 211 Å². The van der Waals surface area contributed by atoms with Crippen molar-refractivity contribution in [1.82, 2.24) is 10.3 Å². The van der Waals surface area contributed by atoms with Crippen LogP contribution in [0.4, 0.5) is 5.69 Å². The van der Waals surface area contributed by atoms with Gasteiger partial charge in [0.25, 0.3) is 11.6 Å². The summed E-state index contributed by atoms with van der Waals surface area (Å²) in [4.78, 5) is 28.6. The van der Waals surface area contributed by atoms with Gasteiger partial charge < -0.3 is 4.42 Å². The van der Waals surface area contributed by atoms with Crippen LogP contribution < -0.4 is 15.9 Å². The summed E-state index contributed by atoms with van der Waals surface area (Å²) >= 11 is 1.53. The molecule has 3 heterocycles. The molecule has 0 unspecified atom stereocenters. The number of rotatable bonds is 8. The number of carbonyl (C=O) groups excluding carboxylic acids is 1. The van der Waals surface area contributed by atoms with E-state index in [9.17, 15) is 14.9 Å². The minimum absolute atomic E-state index is 0.0112. The Kier molecular flexibility index (Phi) is 6.86. The molecule has 9 nitrogen and oxygen atoms in total. The lowest BCUT2D eigenvalue weighted by Gasteiger charge is -2.32. The number of unbranched alkanes of at least 4 members (excludes halogenated alkanes) is 3. The van der Waals surface area contributed by atoms with E-state index in [-0.39, 0.29) is 11.6 Å². The van der Waals surface area contributed by atoms with Gasteiger partial charge in [-0.15, -0.1) is 5.10 Å². The van der Waals surface area contributed by atoms with E-state index >= 15 is 0 Å². The fraction of sp³-hybridized carbons (Fsp3) is 0.269. The van der Waals surface area contributed by atoms with Gasteiger partial charge in [-0.05, 0) is 36.8 Å². The van der Waals surface area contributed by atoms with Gasteiger partial charge in [-0.3, -0.25) is 20.2 Å². The fourth-order valence-electron chi connectivity index (χ4n) is 4.17. The van der Waals surface area contributed by atoms with Gasteiger partial charge in [-0.25, -0.2) is 10.0 Å². The zero-order valence-electron chi connectivity index (χ0n) is 19.7. The first kappa shape index (κ1) is 23.8. The molecule has 5 rings (SSSR count). The lowest BCUT2D eigenvalue weighted by Crippen LogP contribution is -2.50. The maximum atomic E-state index is 13.2. The second-order valence-electron chi connectivity index (χ2n) is 8.49. The number of non-ortho nitro benzene ring substituents is 1. The Bertz CT molecular complexity index is 1450. The first-order chi connectivity index (χ1) is 17.5. The number of carbonyl (C=O) groups is 1. The number of nitro benzene ring substituents is 1. The summed E-state index contributed by atoms with van der Waals surface area (Å²) in [7, 11) is 0. The van der Waals surface area contributed by atoms with Gasteiger partial charge in [0.15, 0.2) is 10.9 Å². The second kappa shape index (κ2) is 10.4. The van der Waals surface area contributed by atoms with Gasteiger partial charge in [0.05, 0.1) is 10.3 Å². The summed E-state index contributed by atoms with van der Waals surface area (Å²) in [5.74, 6) is 1.70. The Hall–Kier alpha value is -3.92. The van der Waals surface area contributed by atoms with Crippen molar-refractivity contribution in [2.45, 2.75) is 38.8 Å². The van der Waals surface area contributed by atoms with Crippen LogP contribution in [0.3, 0.4) is 0 Å². The molecule has 0 saturated heterocycles. The van der Waals surface area contributed by atoms with Gasteiger partial charge in [0, 0.05) is 28.7 Å². The fourth-order valence-corrected chi connectivity index (χ4v) is 5.02. The molecule has 1 atom stereocenters. The maximum absolute atomic E-state index is 13.2. The SMILES string of the molecule is CCCCCCSC1=NN2C(=c3ccccc3=N[C@@H]2c2ccc(-c3ccc([N+](=O)[O-])cc3)o2)C(=O)N1. The summed E-state index contributed by atoms with van der Waals surface area (Å²) in [6.07, 6.45) is 3.90. The monoisotopic (exact) mass is 503 g/mol. The number of amidine groups is 1. The molecular weight excluding hydrogens is 478 g/mol. The van der Waals surface area contributed by atoms with Gasteiger partial charge in [-0.1, -0.05) is 56.1 Å². The molecule has 0 fully saturated rings. The van der Waals surface area contributed by atoms with Crippen LogP contribution in [-0.2, 0) is 4.79 Å². The molecule has 1 amide bonds. The third-order valence-corrected chi connectivity index (χ3v) is 6.95. The molecule has 10 heteroatoms. The smallest absolute Gasteiger partial charge is 0.276 e. The quantitative estimate of drug-likeness (QED) is 0.278. The number of nitrogens with one attached hydrogen (secondary N) is 1. The second-order valence-corrected chi connectivity index (χ2v) is 9.57. The number of fused-ring (bicyclic) bond motifs is 2. The van der Waals surface area contributed by atoms with E-state index < -0.39 is 11.1 Å². The summed E-state index contributed by atoms with van der Waals surface area (Å²) in [6.45, 7) is 2.18. The Balaban J connectivity index is 1.48. The molecular formula is C26H25N5O4S. The molecule has 1 aromatic heterocycles. The van der Waals surface area contributed by atoms with E-state index in [4.69, 9.17) is 14.5 Å². The summed E-state index contributed by atoms with van der Waals surface area (Å²) in [6, 6.07) is 17.2. The van der Waals surface area contributed by atoms with Crippen LogP contribution in [0.2, 0.25) is 0 Å². The number of hydrazone groups is 1. The highest BCUT2D eigenvalue weighted by Crippen LogP contribution is 2.34. The van der Waals surface area contributed by atoms with Crippen LogP contribution >= 0.6 is 11.8 Å². The minimum atomic E-state index is -0.663. The first-order valence-electron chi connectivity index (χ1n) is 11.9. The molecule has 36 heavy (non-hydrogen) atoms. The van der Waals surface area contributed by atoms with Crippen molar-refractivity contribution in [1.29, 1.82) is 0 Å². The molecule has 3 aromatic rings. The van der Waals surface area contributed by atoms with Crippen LogP contribution in [0.1, 0.15) is 44.5 Å². The van der Waals surface area contributed by atoms with E-state index in [1.165, 1.54) is 36.7 Å². The van der Waals surface area contributed by atoms with Crippen LogP contribution in [0.25, 0.3) is 17.0 Å². The highest BCUT2D eigenvalue weighted by atomic mass is 32.2. The molecule has 2 aromatic carbocycles. The molecule has 2 aliphatic heterocycles. The number of para-hydroxylation sites is 1. The van der Waals surface area contributed by atoms with Crippen molar-refractivity contribution in [2.24, 2.45) is 10.1 Å². The molecule has 0 saturated carbocycles. The van der Waals surface area contributed by atoms with Crippen LogP contribution in [0, 0.1) is 10.1 Å². The van der Waals surface area contributed by atoms with Crippen molar-refractivity contribution < 1.29 is 14.1 Å². The number of furan rings is 1. The average Bonchev–Trinajstić information content (AvgIpc) is 3.38. The van der Waals surface area contributed by atoms with Crippen molar-refractivity contribution in [2.75, 3.05) is 5.75 Å². The number of hydrogen-bond donors (Lipinski definition) is 1. The highest BCUT2D eigenvalue weighted by Gasteiger charge is 2.36. The molecule has 0 aliphatic carbocycles. The molecule has 0 spiro atoms. The van der Waals surface area contributed by atoms with Crippen molar-refractivity contribution in [3.63, 3.8) is 0 Å². The standard InChI is InChI=1S/C26H25N5O4S/c1-2-3-4-7-16-36-26-28-25(32)23-19-8-5-6-9-20(19)27-24(30(23)29-26)22-15-14-21(35-22)17-10-12-18(13-11-17)31(33)34/h5-6,8-15,24H,2-4,7,16H2,1H3,(H,28,29,32)/t24-/m0/s1. The third-order valence-electron chi connectivity index (χ3n) is 6.00. The lowest BCUT2D eigenvalue weighted by atomic mass is 10.1. The predicted octanol–water partition coefficient (Wildman–Crippen LogP) is 4.31. The van der Waals surface area contributed by atoms with E-state index in [2.05, 4.69) is 12.2 Å². The lowest BCUT2D eigenvalue weighted by molar-refractivity contribution is -0.384. The topological polar surface area (TPSA) is 113 Å². The largest absolute Gasteiger partial charge is 0.457 e. The number of benzene rings is 2. The average molecular weight is 504 g/mol. The number of nitrogens with zero attached hydrogens (tertiary/aromatic N) is 4. The highest BCUT2D eigenvalue weighted by molar-refractivity contribution is 8.13. The Morgan fingerprint density at radius 3 is 2.67 bits per heavy atom. The van der Waals surface area contributed by atoms with Gasteiger partial charge in [0.2, 0.25) is 6.17 Å². The number of nitro groups is 1. The minimum Gasteiger partial charge on any atom is -0.457 e. The van der Waals surface area contributed by atoms with Crippen LogP contribution in [0.5, 0.6) is 0 Å². The van der Waals surface area contributed by atoms with E-state index in [0.717, 1.165) is 18.6 Å². The molecule has 1 N–H and O–H groups in total. The molecule has 0 bridgehead atoms. The van der Waals surface area contributed by atoms with Crippen molar-refractivity contribution in [3.8, 4) is 11.3 Å². The van der Waals surface area contributed by atoms with Crippen LogP contribution in [-0.4, -0.2) is 26.8 Å². The zero-order valence-corrected chi connectivity index (χ0v) is 20.5. The van der Waals surface area contributed by atoms with E-state index in [1.807, 2.05) is 24.3 Å². The predicted molar refractivity (Wildman–Crippen MR) is 138 cm³/mol. The van der Waals surface area contributed by atoms with Gasteiger partial charge in [-0.2, -0.15) is 0 Å². The van der Waals surface area contributed by atoms with Crippen molar-refractivity contribution >= 4 is 34.2 Å². The number of hydrogen-bond acceptors (Lipinski definition) is 8. The number of amides is 1. The van der Waals surface area contributed by atoms with Gasteiger partial charge in [0.1, 0.15) is 11.5 Å². The van der Waals surface area contributed by atoms with Gasteiger partial charge >= 0.3 is 0 Å². The summed E-state index contributed by atoms with van der Waals surface area (Å²) < 4.78 is 6.14. The number of thioether (sulfide) groups is 1. The third kappa shape index (κ3) is 4.76. The maximum Gasteiger partial charge on any atom is 0.276 e. The Morgan fingerprint density at radius 2 is 1.89 bits per heavy atom. The molecule has 184 valence electrons. The van der Waals surface area contributed by atoms with Crippen molar-refractivity contribution in [3.05, 3.63) is 87.1 Å². The normalized spacial score (nSPS) is 16.5. The first-order valence-corrected chi connectivity index (χ1v) is 12.9. The Morgan fingerprint density at radius 1 is 1.08 bits per heavy atom. The van der Waals surface area contributed by atoms with Crippen LogP contribution in [0.15, 0.2) is 75.2 Å².